The van der Waals surface area contributed by atoms with Crippen molar-refractivity contribution in [3.63, 3.8) is 0 Å². The van der Waals surface area contributed by atoms with Gasteiger partial charge in [0.15, 0.2) is 5.82 Å². The van der Waals surface area contributed by atoms with Gasteiger partial charge in [0.25, 0.3) is 0 Å². The van der Waals surface area contributed by atoms with Gasteiger partial charge in [-0.2, -0.15) is 0 Å². The molecule has 0 bridgehead atoms. The number of aryl methyl sites for hydroxylation is 1. The zero-order valence-corrected chi connectivity index (χ0v) is 13.7. The van der Waals surface area contributed by atoms with Gasteiger partial charge in [-0.05, 0) is 36.2 Å². The molecule has 0 saturated heterocycles. The maximum absolute atomic E-state index is 13.2. The fraction of sp³-hybridized carbons (Fsp3) is 0.150. The van der Waals surface area contributed by atoms with E-state index in [1.807, 2.05) is 24.3 Å². The van der Waals surface area contributed by atoms with Crippen LogP contribution in [0.15, 0.2) is 54.7 Å². The molecular formula is C20H17FN2O2. The Hall–Kier alpha value is -3.08. The summed E-state index contributed by atoms with van der Waals surface area (Å²) in [6, 6.07) is 13.5. The normalized spacial score (nSPS) is 10.6. The van der Waals surface area contributed by atoms with Crippen molar-refractivity contribution >= 4 is 5.97 Å². The Bertz CT molecular complexity index is 891. The Kier molecular flexibility index (Phi) is 4.84. The van der Waals surface area contributed by atoms with E-state index in [2.05, 4.69) is 16.9 Å². The number of aromatic nitrogens is 2. The first-order valence-corrected chi connectivity index (χ1v) is 8.04. The van der Waals surface area contributed by atoms with Crippen molar-refractivity contribution in [2.45, 2.75) is 19.8 Å². The first-order chi connectivity index (χ1) is 12.1. The molecule has 1 heterocycles. The lowest BCUT2D eigenvalue weighted by molar-refractivity contribution is 0.0697. The smallest absolute Gasteiger partial charge is 0.339 e. The molecule has 2 aromatic carbocycles. The zero-order valence-electron chi connectivity index (χ0n) is 13.7. The quantitative estimate of drug-likeness (QED) is 0.739. The van der Waals surface area contributed by atoms with Crippen molar-refractivity contribution < 1.29 is 14.3 Å². The van der Waals surface area contributed by atoms with E-state index in [0.717, 1.165) is 18.4 Å². The molecule has 0 amide bonds. The van der Waals surface area contributed by atoms with Crippen LogP contribution in [0.25, 0.3) is 22.6 Å². The first kappa shape index (κ1) is 16.8. The highest BCUT2D eigenvalue weighted by Gasteiger charge is 2.16. The molecule has 0 spiro atoms. The fourth-order valence-electron chi connectivity index (χ4n) is 2.61. The van der Waals surface area contributed by atoms with Crippen LogP contribution >= 0.6 is 0 Å². The third-order valence-corrected chi connectivity index (χ3v) is 3.89. The minimum Gasteiger partial charge on any atom is -0.478 e. The molecule has 0 aliphatic heterocycles. The SMILES string of the molecule is CCCc1ccc(-c2ncc(C(=O)O)c(-c3ccc(F)cc3)n2)cc1. The number of nitrogens with zero attached hydrogens (tertiary/aromatic N) is 2. The van der Waals surface area contributed by atoms with Gasteiger partial charge in [-0.15, -0.1) is 0 Å². The molecule has 0 radical (unpaired) electrons. The van der Waals surface area contributed by atoms with E-state index in [4.69, 9.17) is 0 Å². The van der Waals surface area contributed by atoms with Gasteiger partial charge in [0, 0.05) is 17.3 Å². The number of rotatable bonds is 5. The van der Waals surface area contributed by atoms with Gasteiger partial charge >= 0.3 is 5.97 Å². The summed E-state index contributed by atoms with van der Waals surface area (Å²) in [4.78, 5) is 20.1. The first-order valence-electron chi connectivity index (χ1n) is 8.04. The van der Waals surface area contributed by atoms with Gasteiger partial charge in [0.05, 0.1) is 5.69 Å². The Morgan fingerprint density at radius 2 is 1.68 bits per heavy atom. The van der Waals surface area contributed by atoms with E-state index < -0.39 is 5.97 Å². The minimum absolute atomic E-state index is 0.0158. The summed E-state index contributed by atoms with van der Waals surface area (Å²) in [7, 11) is 0. The molecule has 1 N–H and O–H groups in total. The summed E-state index contributed by atoms with van der Waals surface area (Å²) in [5, 5.41) is 9.38. The molecule has 126 valence electrons. The number of carboxylic acids is 1. The highest BCUT2D eigenvalue weighted by molar-refractivity contribution is 5.94. The predicted molar refractivity (Wildman–Crippen MR) is 93.8 cm³/mol. The average molecular weight is 336 g/mol. The number of halogens is 1. The van der Waals surface area contributed by atoms with Crippen molar-refractivity contribution in [2.24, 2.45) is 0 Å². The molecule has 0 unspecified atom stereocenters. The molecule has 0 fully saturated rings. The molecule has 0 aliphatic rings. The second kappa shape index (κ2) is 7.21. The molecule has 1 aromatic heterocycles. The van der Waals surface area contributed by atoms with E-state index in [1.54, 1.807) is 0 Å². The van der Waals surface area contributed by atoms with Crippen molar-refractivity contribution in [2.75, 3.05) is 0 Å². The summed E-state index contributed by atoms with van der Waals surface area (Å²) in [6.07, 6.45) is 3.36. The third-order valence-electron chi connectivity index (χ3n) is 3.89. The molecule has 0 atom stereocenters. The highest BCUT2D eigenvalue weighted by Crippen LogP contribution is 2.25. The Balaban J connectivity index is 2.06. The second-order valence-corrected chi connectivity index (χ2v) is 5.71. The lowest BCUT2D eigenvalue weighted by Gasteiger charge is -2.08. The van der Waals surface area contributed by atoms with Crippen molar-refractivity contribution in [1.29, 1.82) is 0 Å². The molecule has 4 nitrogen and oxygen atoms in total. The molecule has 5 heteroatoms. The van der Waals surface area contributed by atoms with Gasteiger partial charge in [0.2, 0.25) is 0 Å². The van der Waals surface area contributed by atoms with Crippen LogP contribution in [-0.2, 0) is 6.42 Å². The monoisotopic (exact) mass is 336 g/mol. The molecular weight excluding hydrogens is 319 g/mol. The van der Waals surface area contributed by atoms with E-state index in [0.29, 0.717) is 11.4 Å². The van der Waals surface area contributed by atoms with Crippen LogP contribution in [-0.4, -0.2) is 21.0 Å². The van der Waals surface area contributed by atoms with Crippen LogP contribution in [0.5, 0.6) is 0 Å². The van der Waals surface area contributed by atoms with E-state index in [9.17, 15) is 14.3 Å². The third kappa shape index (κ3) is 3.71. The van der Waals surface area contributed by atoms with Crippen molar-refractivity contribution in [3.05, 3.63) is 71.7 Å². The second-order valence-electron chi connectivity index (χ2n) is 5.71. The summed E-state index contributed by atoms with van der Waals surface area (Å²) in [6.45, 7) is 2.12. The summed E-state index contributed by atoms with van der Waals surface area (Å²) >= 11 is 0. The lowest BCUT2D eigenvalue weighted by atomic mass is 10.1. The van der Waals surface area contributed by atoms with Crippen LogP contribution in [0, 0.1) is 5.82 Å². The van der Waals surface area contributed by atoms with E-state index in [-0.39, 0.29) is 17.1 Å². The number of benzene rings is 2. The van der Waals surface area contributed by atoms with Crippen LogP contribution in [0.3, 0.4) is 0 Å². The lowest BCUT2D eigenvalue weighted by Crippen LogP contribution is -2.04. The van der Waals surface area contributed by atoms with Gasteiger partial charge in [-0.1, -0.05) is 37.6 Å². The van der Waals surface area contributed by atoms with Crippen LogP contribution in [0.2, 0.25) is 0 Å². The number of aromatic carboxylic acids is 1. The van der Waals surface area contributed by atoms with Crippen LogP contribution < -0.4 is 0 Å². The molecule has 25 heavy (non-hydrogen) atoms. The maximum atomic E-state index is 13.2. The molecule has 3 rings (SSSR count). The zero-order chi connectivity index (χ0) is 17.8. The van der Waals surface area contributed by atoms with Gasteiger partial charge in [-0.3, -0.25) is 0 Å². The largest absolute Gasteiger partial charge is 0.478 e. The topological polar surface area (TPSA) is 63.1 Å². The van der Waals surface area contributed by atoms with Gasteiger partial charge < -0.3 is 5.11 Å². The van der Waals surface area contributed by atoms with E-state index >= 15 is 0 Å². The summed E-state index contributed by atoms with van der Waals surface area (Å²) in [5.41, 5.74) is 2.82. The summed E-state index contributed by atoms with van der Waals surface area (Å²) in [5.74, 6) is -1.07. The molecule has 0 saturated carbocycles. The predicted octanol–water partition coefficient (Wildman–Crippen LogP) is 4.60. The van der Waals surface area contributed by atoms with E-state index in [1.165, 1.54) is 36.0 Å². The average Bonchev–Trinajstić information content (AvgIpc) is 2.63. The number of carboxylic acid groups (broad SMARTS) is 1. The highest BCUT2D eigenvalue weighted by atomic mass is 19.1. The Morgan fingerprint density at radius 1 is 1.04 bits per heavy atom. The minimum atomic E-state index is -1.12. The standard InChI is InChI=1S/C20H17FN2O2/c1-2-3-13-4-6-15(7-5-13)19-22-12-17(20(24)25)18(23-19)14-8-10-16(21)11-9-14/h4-12H,2-3H2,1H3,(H,24,25). The van der Waals surface area contributed by atoms with Crippen LogP contribution in [0.1, 0.15) is 29.3 Å². The van der Waals surface area contributed by atoms with Crippen molar-refractivity contribution in [3.8, 4) is 22.6 Å². The van der Waals surface area contributed by atoms with Crippen LogP contribution in [0.4, 0.5) is 4.39 Å². The number of carbonyl (C=O) groups is 1. The fourth-order valence-corrected chi connectivity index (χ4v) is 2.61. The van der Waals surface area contributed by atoms with Gasteiger partial charge in [0.1, 0.15) is 11.4 Å². The number of hydrogen-bond acceptors (Lipinski definition) is 3. The van der Waals surface area contributed by atoms with Crippen molar-refractivity contribution in [1.82, 2.24) is 9.97 Å². The maximum Gasteiger partial charge on any atom is 0.339 e. The Morgan fingerprint density at radius 3 is 2.28 bits per heavy atom. The van der Waals surface area contributed by atoms with Gasteiger partial charge in [-0.25, -0.2) is 19.2 Å². The Labute approximate surface area is 145 Å². The molecule has 0 aliphatic carbocycles. The summed E-state index contributed by atoms with van der Waals surface area (Å²) < 4.78 is 13.2. The molecule has 3 aromatic rings. The number of hydrogen-bond donors (Lipinski definition) is 1.